The van der Waals surface area contributed by atoms with Gasteiger partial charge in [0.1, 0.15) is 6.17 Å². The maximum atomic E-state index is 4.13. The molecule has 2 aromatic heterocycles. The Kier molecular flexibility index (Phi) is 1.66. The summed E-state index contributed by atoms with van der Waals surface area (Å²) < 4.78 is 3.71. The first kappa shape index (κ1) is 7.09. The molecule has 2 heterocycles. The molecule has 4 nitrogen and oxygen atoms in total. The van der Waals surface area contributed by atoms with Crippen LogP contribution < -0.4 is 0 Å². The van der Waals surface area contributed by atoms with Crippen LogP contribution in [0.1, 0.15) is 13.1 Å². The standard InChI is InChI=1S/C8H10N4/c1-8(11-6-2-4-9-11)12-7-3-5-10-12/h2-8H,1H3. The highest BCUT2D eigenvalue weighted by Gasteiger charge is 2.04. The highest BCUT2D eigenvalue weighted by atomic mass is 15.4. The smallest absolute Gasteiger partial charge is 0.140 e. The summed E-state index contributed by atoms with van der Waals surface area (Å²) in [6.07, 6.45) is 7.52. The van der Waals surface area contributed by atoms with Crippen molar-refractivity contribution in [1.29, 1.82) is 0 Å². The number of rotatable bonds is 2. The van der Waals surface area contributed by atoms with Crippen LogP contribution in [0.15, 0.2) is 36.9 Å². The molecule has 0 aliphatic heterocycles. The predicted molar refractivity (Wildman–Crippen MR) is 44.6 cm³/mol. The Hall–Kier alpha value is -1.58. The third-order valence-electron chi connectivity index (χ3n) is 1.82. The van der Waals surface area contributed by atoms with E-state index in [0.717, 1.165) is 0 Å². The van der Waals surface area contributed by atoms with Gasteiger partial charge in [0.15, 0.2) is 0 Å². The van der Waals surface area contributed by atoms with Crippen LogP contribution in [0, 0.1) is 0 Å². The van der Waals surface area contributed by atoms with Gasteiger partial charge in [-0.05, 0) is 19.1 Å². The van der Waals surface area contributed by atoms with Crippen molar-refractivity contribution in [1.82, 2.24) is 19.6 Å². The van der Waals surface area contributed by atoms with E-state index in [1.807, 2.05) is 40.8 Å². The number of nitrogens with zero attached hydrogens (tertiary/aromatic N) is 4. The Balaban J connectivity index is 2.27. The first-order chi connectivity index (χ1) is 5.88. The van der Waals surface area contributed by atoms with Crippen molar-refractivity contribution in [2.75, 3.05) is 0 Å². The zero-order chi connectivity index (χ0) is 8.39. The van der Waals surface area contributed by atoms with Gasteiger partial charge in [0, 0.05) is 24.8 Å². The molecule has 0 aromatic carbocycles. The lowest BCUT2D eigenvalue weighted by Gasteiger charge is -2.11. The Morgan fingerprint density at radius 1 is 1.00 bits per heavy atom. The van der Waals surface area contributed by atoms with E-state index in [2.05, 4.69) is 10.2 Å². The average Bonchev–Trinajstić information content (AvgIpc) is 2.77. The monoisotopic (exact) mass is 162 g/mol. The molecule has 0 atom stereocenters. The molecule has 12 heavy (non-hydrogen) atoms. The molecule has 0 aliphatic carbocycles. The SMILES string of the molecule is CC(n1cccn1)n1cccn1. The van der Waals surface area contributed by atoms with Crippen LogP contribution in [-0.2, 0) is 0 Å². The van der Waals surface area contributed by atoms with E-state index >= 15 is 0 Å². The molecule has 0 spiro atoms. The van der Waals surface area contributed by atoms with Crippen molar-refractivity contribution in [3.8, 4) is 0 Å². The topological polar surface area (TPSA) is 35.6 Å². The summed E-state index contributed by atoms with van der Waals surface area (Å²) in [6, 6.07) is 3.81. The largest absolute Gasteiger partial charge is 0.248 e. The Bertz CT molecular complexity index is 288. The van der Waals surface area contributed by atoms with Crippen molar-refractivity contribution >= 4 is 0 Å². The van der Waals surface area contributed by atoms with Gasteiger partial charge in [0.2, 0.25) is 0 Å². The van der Waals surface area contributed by atoms with E-state index < -0.39 is 0 Å². The van der Waals surface area contributed by atoms with Gasteiger partial charge in [-0.2, -0.15) is 10.2 Å². The molecule has 0 radical (unpaired) electrons. The van der Waals surface area contributed by atoms with Crippen LogP contribution in [0.2, 0.25) is 0 Å². The van der Waals surface area contributed by atoms with Gasteiger partial charge in [-0.3, -0.25) is 0 Å². The molecule has 2 rings (SSSR count). The highest BCUT2D eigenvalue weighted by Crippen LogP contribution is 2.04. The second kappa shape index (κ2) is 2.81. The third-order valence-corrected chi connectivity index (χ3v) is 1.82. The van der Waals surface area contributed by atoms with Crippen LogP contribution in [0.5, 0.6) is 0 Å². The molecule has 0 saturated heterocycles. The zero-order valence-electron chi connectivity index (χ0n) is 6.83. The minimum absolute atomic E-state index is 0.148. The molecule has 0 aliphatic rings. The molecule has 0 amide bonds. The highest BCUT2D eigenvalue weighted by molar-refractivity contribution is 4.84. The van der Waals surface area contributed by atoms with Crippen molar-refractivity contribution in [2.24, 2.45) is 0 Å². The normalized spacial score (nSPS) is 10.8. The first-order valence-corrected chi connectivity index (χ1v) is 3.86. The summed E-state index contributed by atoms with van der Waals surface area (Å²) in [4.78, 5) is 0. The molecule has 62 valence electrons. The summed E-state index contributed by atoms with van der Waals surface area (Å²) in [6.45, 7) is 2.04. The van der Waals surface area contributed by atoms with Crippen LogP contribution in [0.25, 0.3) is 0 Å². The van der Waals surface area contributed by atoms with Gasteiger partial charge in [0.05, 0.1) is 0 Å². The summed E-state index contributed by atoms with van der Waals surface area (Å²) >= 11 is 0. The summed E-state index contributed by atoms with van der Waals surface area (Å²) in [5, 5.41) is 8.26. The Morgan fingerprint density at radius 2 is 1.50 bits per heavy atom. The molecular formula is C8H10N4. The van der Waals surface area contributed by atoms with Gasteiger partial charge >= 0.3 is 0 Å². The average molecular weight is 162 g/mol. The van der Waals surface area contributed by atoms with Crippen LogP contribution in [0.3, 0.4) is 0 Å². The van der Waals surface area contributed by atoms with Gasteiger partial charge in [-0.15, -0.1) is 0 Å². The fourth-order valence-electron chi connectivity index (χ4n) is 1.12. The minimum Gasteiger partial charge on any atom is -0.248 e. The van der Waals surface area contributed by atoms with E-state index in [4.69, 9.17) is 0 Å². The molecule has 2 aromatic rings. The summed E-state index contributed by atoms with van der Waals surface area (Å²) in [7, 11) is 0. The van der Waals surface area contributed by atoms with Gasteiger partial charge in [-0.25, -0.2) is 9.36 Å². The van der Waals surface area contributed by atoms with Crippen LogP contribution >= 0.6 is 0 Å². The summed E-state index contributed by atoms with van der Waals surface area (Å²) in [5.41, 5.74) is 0. The number of hydrogen-bond acceptors (Lipinski definition) is 2. The van der Waals surface area contributed by atoms with Crippen molar-refractivity contribution < 1.29 is 0 Å². The van der Waals surface area contributed by atoms with Crippen molar-refractivity contribution in [2.45, 2.75) is 13.1 Å². The molecule has 0 bridgehead atoms. The van der Waals surface area contributed by atoms with Crippen molar-refractivity contribution in [3.05, 3.63) is 36.9 Å². The van der Waals surface area contributed by atoms with Gasteiger partial charge in [-0.1, -0.05) is 0 Å². The molecule has 0 saturated carbocycles. The van der Waals surface area contributed by atoms with E-state index in [1.54, 1.807) is 12.4 Å². The third kappa shape index (κ3) is 1.11. The Labute approximate surface area is 70.4 Å². The fraction of sp³-hybridized carbons (Fsp3) is 0.250. The van der Waals surface area contributed by atoms with Gasteiger partial charge < -0.3 is 0 Å². The van der Waals surface area contributed by atoms with Gasteiger partial charge in [0.25, 0.3) is 0 Å². The molecule has 0 unspecified atom stereocenters. The number of aromatic nitrogens is 4. The number of hydrogen-bond donors (Lipinski definition) is 0. The van der Waals surface area contributed by atoms with E-state index in [0.29, 0.717) is 0 Å². The predicted octanol–water partition coefficient (Wildman–Crippen LogP) is 1.15. The maximum absolute atomic E-state index is 4.13. The quantitative estimate of drug-likeness (QED) is 0.664. The second-order valence-corrected chi connectivity index (χ2v) is 2.60. The van der Waals surface area contributed by atoms with Crippen LogP contribution in [0.4, 0.5) is 0 Å². The molecule has 4 heteroatoms. The minimum atomic E-state index is 0.148. The second-order valence-electron chi connectivity index (χ2n) is 2.60. The molecular weight excluding hydrogens is 152 g/mol. The zero-order valence-corrected chi connectivity index (χ0v) is 6.83. The molecule has 0 fully saturated rings. The van der Waals surface area contributed by atoms with E-state index in [-0.39, 0.29) is 6.17 Å². The molecule has 0 N–H and O–H groups in total. The van der Waals surface area contributed by atoms with E-state index in [9.17, 15) is 0 Å². The lowest BCUT2D eigenvalue weighted by Crippen LogP contribution is -2.15. The lowest BCUT2D eigenvalue weighted by molar-refractivity contribution is 0.390. The first-order valence-electron chi connectivity index (χ1n) is 3.86. The maximum Gasteiger partial charge on any atom is 0.140 e. The van der Waals surface area contributed by atoms with Crippen LogP contribution in [-0.4, -0.2) is 19.6 Å². The van der Waals surface area contributed by atoms with E-state index in [1.165, 1.54) is 0 Å². The fourth-order valence-corrected chi connectivity index (χ4v) is 1.12. The lowest BCUT2D eigenvalue weighted by atomic mass is 10.5. The van der Waals surface area contributed by atoms with Crippen molar-refractivity contribution in [3.63, 3.8) is 0 Å². The Morgan fingerprint density at radius 3 is 1.83 bits per heavy atom. The summed E-state index contributed by atoms with van der Waals surface area (Å²) in [5.74, 6) is 0.